The number of amides is 4. The Balaban J connectivity index is 1.55. The van der Waals surface area contributed by atoms with Gasteiger partial charge in [0.05, 0.1) is 29.1 Å². The van der Waals surface area contributed by atoms with Crippen molar-refractivity contribution >= 4 is 29.2 Å². The summed E-state index contributed by atoms with van der Waals surface area (Å²) >= 11 is 1.38. The molecule has 1 aliphatic rings. The van der Waals surface area contributed by atoms with E-state index in [1.165, 1.54) is 46.6 Å². The van der Waals surface area contributed by atoms with Gasteiger partial charge in [0.15, 0.2) is 11.2 Å². The van der Waals surface area contributed by atoms with E-state index in [4.69, 9.17) is 0 Å². The van der Waals surface area contributed by atoms with Crippen molar-refractivity contribution in [1.29, 1.82) is 0 Å². The van der Waals surface area contributed by atoms with Gasteiger partial charge in [-0.1, -0.05) is 0 Å². The molecular formula is C18H16FN7O3S. The Morgan fingerprint density at radius 2 is 2.00 bits per heavy atom. The number of imide groups is 1. The van der Waals surface area contributed by atoms with E-state index in [-0.39, 0.29) is 12.2 Å². The van der Waals surface area contributed by atoms with Crippen LogP contribution in [0.25, 0.3) is 5.69 Å². The Labute approximate surface area is 173 Å². The summed E-state index contributed by atoms with van der Waals surface area (Å²) < 4.78 is 13.1. The van der Waals surface area contributed by atoms with Crippen molar-refractivity contribution in [2.24, 2.45) is 0 Å². The van der Waals surface area contributed by atoms with Crippen LogP contribution in [0.1, 0.15) is 26.1 Å². The van der Waals surface area contributed by atoms with E-state index in [9.17, 15) is 18.8 Å². The average molecular weight is 429 g/mol. The number of benzene rings is 1. The number of hydrogen-bond acceptors (Lipinski definition) is 7. The zero-order valence-corrected chi connectivity index (χ0v) is 16.7. The SMILES string of the molecule is Cc1nc(C2(CNC(=O)c3cnn(-c4ccc(F)cc4)n3)NC(=O)NC2=O)c(C)s1. The fourth-order valence-electron chi connectivity index (χ4n) is 3.16. The maximum absolute atomic E-state index is 13.1. The van der Waals surface area contributed by atoms with Crippen LogP contribution in [0.2, 0.25) is 0 Å². The maximum atomic E-state index is 13.1. The van der Waals surface area contributed by atoms with Gasteiger partial charge in [0.25, 0.3) is 11.8 Å². The van der Waals surface area contributed by atoms with Gasteiger partial charge in [0.1, 0.15) is 5.82 Å². The predicted octanol–water partition coefficient (Wildman–Crippen LogP) is 0.944. The zero-order chi connectivity index (χ0) is 21.5. The molecule has 2 aromatic heterocycles. The summed E-state index contributed by atoms with van der Waals surface area (Å²) in [5, 5.41) is 16.2. The molecule has 0 bridgehead atoms. The van der Waals surface area contributed by atoms with Gasteiger partial charge in [0.2, 0.25) is 0 Å². The van der Waals surface area contributed by atoms with Gasteiger partial charge >= 0.3 is 6.03 Å². The van der Waals surface area contributed by atoms with Crippen LogP contribution in [0, 0.1) is 19.7 Å². The van der Waals surface area contributed by atoms with Gasteiger partial charge in [-0.2, -0.15) is 9.90 Å². The minimum Gasteiger partial charge on any atom is -0.347 e. The third-order valence-electron chi connectivity index (χ3n) is 4.55. The summed E-state index contributed by atoms with van der Waals surface area (Å²) in [7, 11) is 0. The molecule has 154 valence electrons. The van der Waals surface area contributed by atoms with Gasteiger partial charge in [-0.25, -0.2) is 14.2 Å². The second-order valence-electron chi connectivity index (χ2n) is 6.63. The lowest BCUT2D eigenvalue weighted by Crippen LogP contribution is -2.53. The van der Waals surface area contributed by atoms with E-state index < -0.39 is 29.2 Å². The second kappa shape index (κ2) is 7.30. The van der Waals surface area contributed by atoms with E-state index in [1.807, 2.05) is 0 Å². The van der Waals surface area contributed by atoms with E-state index in [0.29, 0.717) is 11.4 Å². The van der Waals surface area contributed by atoms with Crippen LogP contribution in [-0.4, -0.2) is 44.4 Å². The molecular weight excluding hydrogens is 413 g/mol. The highest BCUT2D eigenvalue weighted by Crippen LogP contribution is 2.30. The van der Waals surface area contributed by atoms with Gasteiger partial charge in [-0.15, -0.1) is 16.4 Å². The molecule has 1 atom stereocenters. The molecule has 3 N–H and O–H groups in total. The van der Waals surface area contributed by atoms with Crippen LogP contribution in [-0.2, 0) is 10.3 Å². The molecule has 3 heterocycles. The molecule has 0 radical (unpaired) electrons. The molecule has 4 amide bonds. The number of urea groups is 1. The molecule has 1 unspecified atom stereocenters. The summed E-state index contributed by atoms with van der Waals surface area (Å²) in [5.41, 5.74) is -0.675. The third kappa shape index (κ3) is 3.41. The van der Waals surface area contributed by atoms with Crippen molar-refractivity contribution in [2.45, 2.75) is 19.4 Å². The molecule has 4 rings (SSSR count). The minimum atomic E-state index is -1.52. The molecule has 0 spiro atoms. The van der Waals surface area contributed by atoms with Gasteiger partial charge in [-0.3, -0.25) is 14.9 Å². The monoisotopic (exact) mass is 429 g/mol. The molecule has 0 aliphatic carbocycles. The summed E-state index contributed by atoms with van der Waals surface area (Å²) in [6.07, 6.45) is 1.25. The third-order valence-corrected chi connectivity index (χ3v) is 5.43. The van der Waals surface area contributed by atoms with Crippen LogP contribution in [0.5, 0.6) is 0 Å². The first-order chi connectivity index (χ1) is 14.3. The summed E-state index contributed by atoms with van der Waals surface area (Å²) in [4.78, 5) is 43.3. The number of rotatable bonds is 5. The number of nitrogens with one attached hydrogen (secondary N) is 3. The number of hydrogen-bond donors (Lipinski definition) is 3. The second-order valence-corrected chi connectivity index (χ2v) is 8.04. The van der Waals surface area contributed by atoms with Crippen molar-refractivity contribution < 1.29 is 18.8 Å². The largest absolute Gasteiger partial charge is 0.347 e. The lowest BCUT2D eigenvalue weighted by Gasteiger charge is -2.25. The number of aryl methyl sites for hydroxylation is 2. The Bertz CT molecular complexity index is 1160. The highest BCUT2D eigenvalue weighted by molar-refractivity contribution is 7.11. The number of thiazole rings is 1. The van der Waals surface area contributed by atoms with Crippen LogP contribution in [0.3, 0.4) is 0 Å². The molecule has 3 aromatic rings. The van der Waals surface area contributed by atoms with E-state index in [2.05, 4.69) is 31.1 Å². The minimum absolute atomic E-state index is 0.00890. The van der Waals surface area contributed by atoms with Crippen molar-refractivity contribution in [2.75, 3.05) is 6.54 Å². The molecule has 12 heteroatoms. The lowest BCUT2D eigenvalue weighted by atomic mass is 9.94. The topological polar surface area (TPSA) is 131 Å². The Hall–Kier alpha value is -3.67. The number of nitrogens with zero attached hydrogens (tertiary/aromatic N) is 4. The summed E-state index contributed by atoms with van der Waals surface area (Å²) in [6.45, 7) is 3.35. The van der Waals surface area contributed by atoms with Crippen LogP contribution in [0.4, 0.5) is 9.18 Å². The van der Waals surface area contributed by atoms with E-state index >= 15 is 0 Å². The van der Waals surface area contributed by atoms with Crippen molar-refractivity contribution in [3.05, 3.63) is 57.6 Å². The van der Waals surface area contributed by atoms with Crippen molar-refractivity contribution in [3.63, 3.8) is 0 Å². The first-order valence-corrected chi connectivity index (χ1v) is 9.65. The van der Waals surface area contributed by atoms with Crippen molar-refractivity contribution in [1.82, 2.24) is 35.9 Å². The Morgan fingerprint density at radius 1 is 1.27 bits per heavy atom. The average Bonchev–Trinajstić information content (AvgIpc) is 3.38. The standard InChI is InChI=1S/C18H16FN7O3S/c1-9-14(22-10(2)30-9)18(16(28)23-17(29)24-18)8-20-15(27)13-7-21-26(25-13)12-5-3-11(19)4-6-12/h3-7H,8H2,1-2H3,(H,20,27)(H2,23,24,28,29). The highest BCUT2D eigenvalue weighted by atomic mass is 32.1. The molecule has 1 fully saturated rings. The predicted molar refractivity (Wildman–Crippen MR) is 104 cm³/mol. The quantitative estimate of drug-likeness (QED) is 0.518. The van der Waals surface area contributed by atoms with E-state index in [0.717, 1.165) is 9.88 Å². The normalized spacial score (nSPS) is 18.2. The van der Waals surface area contributed by atoms with Gasteiger partial charge in [0, 0.05) is 4.88 Å². The Morgan fingerprint density at radius 3 is 2.60 bits per heavy atom. The molecule has 30 heavy (non-hydrogen) atoms. The molecule has 10 nitrogen and oxygen atoms in total. The van der Waals surface area contributed by atoms with Crippen LogP contribution >= 0.6 is 11.3 Å². The number of carbonyl (C=O) groups is 3. The van der Waals surface area contributed by atoms with E-state index in [1.54, 1.807) is 13.8 Å². The van der Waals surface area contributed by atoms with Gasteiger partial charge in [-0.05, 0) is 38.1 Å². The number of halogens is 1. The fourth-order valence-corrected chi connectivity index (χ4v) is 4.06. The molecule has 1 aromatic carbocycles. The lowest BCUT2D eigenvalue weighted by molar-refractivity contribution is -0.124. The van der Waals surface area contributed by atoms with Crippen molar-refractivity contribution in [3.8, 4) is 5.69 Å². The number of carbonyl (C=O) groups excluding carboxylic acids is 3. The number of aromatic nitrogens is 4. The Kier molecular flexibility index (Phi) is 4.78. The fraction of sp³-hybridized carbons (Fsp3) is 0.222. The molecule has 1 aliphatic heterocycles. The van der Waals surface area contributed by atoms with Crippen LogP contribution < -0.4 is 16.0 Å². The highest BCUT2D eigenvalue weighted by Gasteiger charge is 2.50. The maximum Gasteiger partial charge on any atom is 0.322 e. The van der Waals surface area contributed by atoms with Gasteiger partial charge < -0.3 is 10.6 Å². The van der Waals surface area contributed by atoms with Crippen LogP contribution in [0.15, 0.2) is 30.5 Å². The smallest absolute Gasteiger partial charge is 0.322 e. The first-order valence-electron chi connectivity index (χ1n) is 8.83. The zero-order valence-electron chi connectivity index (χ0n) is 15.9. The molecule has 1 saturated heterocycles. The summed E-state index contributed by atoms with van der Waals surface area (Å²) in [5.74, 6) is -1.60. The summed E-state index contributed by atoms with van der Waals surface area (Å²) in [6, 6.07) is 4.78. The molecule has 0 saturated carbocycles. The first kappa shape index (κ1) is 19.6.